The molecule has 2 aliphatic heterocycles. The highest BCUT2D eigenvalue weighted by Gasteiger charge is 2.60. The highest BCUT2D eigenvalue weighted by atomic mass is 19.4. The summed E-state index contributed by atoms with van der Waals surface area (Å²) in [5.41, 5.74) is 0.655. The third kappa shape index (κ3) is 5.13. The predicted octanol–water partition coefficient (Wildman–Crippen LogP) is 4.32. The molecule has 4 heterocycles. The summed E-state index contributed by atoms with van der Waals surface area (Å²) >= 11 is 0. The van der Waals surface area contributed by atoms with Crippen LogP contribution >= 0.6 is 0 Å². The molecular formula is C25H22F3N5O4. The Morgan fingerprint density at radius 3 is 2.76 bits per heavy atom. The van der Waals surface area contributed by atoms with Gasteiger partial charge in [-0.25, -0.2) is 14.8 Å². The van der Waals surface area contributed by atoms with Crippen molar-refractivity contribution < 1.29 is 32.2 Å². The summed E-state index contributed by atoms with van der Waals surface area (Å²) in [6.45, 7) is 5.84. The van der Waals surface area contributed by atoms with E-state index in [4.69, 9.17) is 9.47 Å². The molecule has 3 N–H and O–H groups in total. The number of halogens is 3. The van der Waals surface area contributed by atoms with Crippen molar-refractivity contribution >= 4 is 23.6 Å². The number of rotatable bonds is 5. The molecular weight excluding hydrogens is 491 g/mol. The smallest absolute Gasteiger partial charge is 0.417 e. The molecule has 0 aromatic carbocycles. The van der Waals surface area contributed by atoms with Crippen molar-refractivity contribution in [3.8, 4) is 5.75 Å². The number of anilines is 2. The van der Waals surface area contributed by atoms with Gasteiger partial charge in [0.25, 0.3) is 0 Å². The van der Waals surface area contributed by atoms with E-state index in [0.29, 0.717) is 42.1 Å². The SMILES string of the molecule is C=C1/C(=C\C=C(/C)Oc2ccnc3c2CCC(=O)N3)O[C@@H]2[C@@H](NC(=O)Nc3ccc(C(F)(F)F)cn3)[C@H]12. The molecule has 0 spiro atoms. The molecule has 0 radical (unpaired) electrons. The van der Waals surface area contributed by atoms with Crippen LogP contribution in [0.25, 0.3) is 0 Å². The summed E-state index contributed by atoms with van der Waals surface area (Å²) in [6, 6.07) is 2.76. The van der Waals surface area contributed by atoms with Crippen LogP contribution in [0.3, 0.4) is 0 Å². The number of urea groups is 1. The zero-order valence-corrected chi connectivity index (χ0v) is 19.6. The van der Waals surface area contributed by atoms with Gasteiger partial charge in [-0.2, -0.15) is 13.2 Å². The third-order valence-electron chi connectivity index (χ3n) is 6.18. The maximum absolute atomic E-state index is 12.6. The Morgan fingerprint density at radius 1 is 1.27 bits per heavy atom. The molecule has 5 rings (SSSR count). The molecule has 3 amide bonds. The summed E-state index contributed by atoms with van der Waals surface area (Å²) in [4.78, 5) is 31.6. The fraction of sp³-hybridized carbons (Fsp3) is 0.280. The van der Waals surface area contributed by atoms with Crippen LogP contribution in [0.5, 0.6) is 5.75 Å². The van der Waals surface area contributed by atoms with E-state index < -0.39 is 17.8 Å². The largest absolute Gasteiger partial charge is 0.487 e. The monoisotopic (exact) mass is 513 g/mol. The number of hydrogen-bond acceptors (Lipinski definition) is 6. The molecule has 192 valence electrons. The van der Waals surface area contributed by atoms with Crippen LogP contribution in [0.15, 0.2) is 66.4 Å². The average Bonchev–Trinajstić information content (AvgIpc) is 3.39. The van der Waals surface area contributed by atoms with Gasteiger partial charge >= 0.3 is 12.2 Å². The second-order valence-electron chi connectivity index (χ2n) is 8.78. The highest BCUT2D eigenvalue weighted by Crippen LogP contribution is 2.50. The van der Waals surface area contributed by atoms with Crippen LogP contribution in [0.2, 0.25) is 0 Å². The lowest BCUT2D eigenvalue weighted by Gasteiger charge is -2.18. The first-order valence-electron chi connectivity index (χ1n) is 11.4. The molecule has 2 fully saturated rings. The number of aromatic nitrogens is 2. The van der Waals surface area contributed by atoms with Crippen molar-refractivity contribution in [2.75, 3.05) is 10.6 Å². The van der Waals surface area contributed by atoms with Crippen LogP contribution in [-0.2, 0) is 22.1 Å². The molecule has 0 bridgehead atoms. The first kappa shape index (κ1) is 24.3. The average molecular weight is 513 g/mol. The van der Waals surface area contributed by atoms with Gasteiger partial charge in [0.15, 0.2) is 0 Å². The Balaban J connectivity index is 1.14. The second-order valence-corrected chi connectivity index (χ2v) is 8.78. The van der Waals surface area contributed by atoms with Crippen LogP contribution < -0.4 is 20.7 Å². The van der Waals surface area contributed by atoms with Crippen LogP contribution in [0, 0.1) is 5.92 Å². The number of alkyl halides is 3. The van der Waals surface area contributed by atoms with E-state index in [9.17, 15) is 22.8 Å². The molecule has 3 aliphatic rings. The lowest BCUT2D eigenvalue weighted by atomic mass is 10.1. The van der Waals surface area contributed by atoms with Gasteiger partial charge in [-0.1, -0.05) is 6.58 Å². The van der Waals surface area contributed by atoms with Gasteiger partial charge in [-0.15, -0.1) is 0 Å². The van der Waals surface area contributed by atoms with Gasteiger partial charge in [0, 0.05) is 24.4 Å². The number of carbonyl (C=O) groups is 2. The zero-order chi connectivity index (χ0) is 26.3. The number of allylic oxidation sites excluding steroid dienone is 4. The summed E-state index contributed by atoms with van der Waals surface area (Å²) in [5, 5.41) is 7.87. The minimum Gasteiger partial charge on any atom is -0.487 e. The number of pyridine rings is 2. The molecule has 1 saturated carbocycles. The molecule has 3 atom stereocenters. The number of amides is 3. The molecule has 12 heteroatoms. The van der Waals surface area contributed by atoms with Gasteiger partial charge in [0.1, 0.15) is 35.0 Å². The van der Waals surface area contributed by atoms with Crippen molar-refractivity contribution in [2.24, 2.45) is 5.92 Å². The minimum absolute atomic E-state index is 0.00454. The summed E-state index contributed by atoms with van der Waals surface area (Å²) in [7, 11) is 0. The van der Waals surface area contributed by atoms with Crippen molar-refractivity contribution in [3.63, 3.8) is 0 Å². The van der Waals surface area contributed by atoms with Gasteiger partial charge in [0.05, 0.1) is 17.5 Å². The molecule has 1 aliphatic carbocycles. The fourth-order valence-corrected chi connectivity index (χ4v) is 4.24. The van der Waals surface area contributed by atoms with Gasteiger partial charge in [0.2, 0.25) is 5.91 Å². The summed E-state index contributed by atoms with van der Waals surface area (Å²) in [6.07, 6.45) is 1.83. The lowest BCUT2D eigenvalue weighted by molar-refractivity contribution is -0.137. The van der Waals surface area contributed by atoms with Crippen LogP contribution in [-0.4, -0.2) is 34.1 Å². The summed E-state index contributed by atoms with van der Waals surface area (Å²) in [5.74, 6) is 2.09. The fourth-order valence-electron chi connectivity index (χ4n) is 4.24. The van der Waals surface area contributed by atoms with E-state index in [0.717, 1.165) is 23.3 Å². The van der Waals surface area contributed by atoms with E-state index in [1.165, 1.54) is 0 Å². The Bertz CT molecular complexity index is 1340. The van der Waals surface area contributed by atoms with Crippen LogP contribution in [0.1, 0.15) is 24.5 Å². The Hall–Kier alpha value is -4.35. The molecule has 0 unspecified atom stereocenters. The first-order valence-corrected chi connectivity index (χ1v) is 11.4. The van der Waals surface area contributed by atoms with Gasteiger partial charge in [-0.05, 0) is 49.3 Å². The number of ether oxygens (including phenoxy) is 2. The van der Waals surface area contributed by atoms with Crippen molar-refractivity contribution in [3.05, 3.63) is 77.5 Å². The molecule has 9 nitrogen and oxygen atoms in total. The van der Waals surface area contributed by atoms with Crippen LogP contribution in [0.4, 0.5) is 29.6 Å². The quantitative estimate of drug-likeness (QED) is 0.513. The lowest BCUT2D eigenvalue weighted by Crippen LogP contribution is -2.34. The standard InChI is InChI=1S/C25H22F3N5O4/c1-12(36-17-9-10-29-23-15(17)5-8-19(34)32-23)3-6-16-13(2)20-21(22(20)37-16)33-24(35)31-18-7-4-14(11-30-18)25(26,27)28/h3-4,6-7,9-11,20-22H,2,5,8H2,1H3,(H,29,32,34)(H2,30,31,33,35)/b12-3+,16-6+/t20-,21-,22-/m0/s1. The maximum Gasteiger partial charge on any atom is 0.417 e. The number of fused-ring (bicyclic) bond motifs is 2. The Labute approximate surface area is 209 Å². The minimum atomic E-state index is -4.50. The van der Waals surface area contributed by atoms with E-state index in [1.54, 1.807) is 31.3 Å². The number of hydrogen-bond donors (Lipinski definition) is 3. The molecule has 37 heavy (non-hydrogen) atoms. The van der Waals surface area contributed by atoms with E-state index >= 15 is 0 Å². The predicted molar refractivity (Wildman–Crippen MR) is 126 cm³/mol. The molecule has 1 saturated heterocycles. The Morgan fingerprint density at radius 2 is 2.08 bits per heavy atom. The van der Waals surface area contributed by atoms with Gasteiger partial charge < -0.3 is 20.1 Å². The zero-order valence-electron chi connectivity index (χ0n) is 19.6. The number of nitrogens with zero attached hydrogens (tertiary/aromatic N) is 2. The van der Waals surface area contributed by atoms with Crippen molar-refractivity contribution in [2.45, 2.75) is 38.1 Å². The highest BCUT2D eigenvalue weighted by molar-refractivity contribution is 5.93. The number of carbonyl (C=O) groups excluding carboxylic acids is 2. The number of nitrogens with one attached hydrogen (secondary N) is 3. The van der Waals surface area contributed by atoms with E-state index in [2.05, 4.69) is 32.5 Å². The maximum atomic E-state index is 12.6. The van der Waals surface area contributed by atoms with Gasteiger partial charge in [-0.3, -0.25) is 10.1 Å². The van der Waals surface area contributed by atoms with E-state index in [1.807, 2.05) is 0 Å². The molecule has 2 aromatic rings. The Kier molecular flexibility index (Phi) is 6.10. The van der Waals surface area contributed by atoms with Crippen molar-refractivity contribution in [1.29, 1.82) is 0 Å². The third-order valence-corrected chi connectivity index (χ3v) is 6.18. The first-order chi connectivity index (χ1) is 17.6. The van der Waals surface area contributed by atoms with E-state index in [-0.39, 0.29) is 29.8 Å². The normalized spacial score (nSPS) is 23.5. The second kappa shape index (κ2) is 9.26. The van der Waals surface area contributed by atoms with Crippen molar-refractivity contribution in [1.82, 2.24) is 15.3 Å². The molecule has 2 aromatic heterocycles. The topological polar surface area (TPSA) is 114 Å². The summed E-state index contributed by atoms with van der Waals surface area (Å²) < 4.78 is 49.8.